The lowest BCUT2D eigenvalue weighted by molar-refractivity contribution is -0.129. The molecule has 4 nitrogen and oxygen atoms in total. The summed E-state index contributed by atoms with van der Waals surface area (Å²) < 4.78 is 5.43. The Morgan fingerprint density at radius 2 is 2.14 bits per heavy atom. The zero-order valence-electron chi connectivity index (χ0n) is 17.4. The van der Waals surface area contributed by atoms with Crippen molar-refractivity contribution in [2.24, 2.45) is 23.2 Å². The van der Waals surface area contributed by atoms with Crippen molar-refractivity contribution < 1.29 is 14.3 Å². The second-order valence-electron chi connectivity index (χ2n) is 9.31. The number of fused-ring (bicyclic) bond motifs is 5. The molecular weight excluding hydrogens is 350 g/mol. The van der Waals surface area contributed by atoms with Crippen molar-refractivity contribution in [1.29, 1.82) is 0 Å². The Labute approximate surface area is 168 Å². The third kappa shape index (κ3) is 3.15. The maximum atomic E-state index is 13.0. The highest BCUT2D eigenvalue weighted by molar-refractivity contribution is 5.87. The summed E-state index contributed by atoms with van der Waals surface area (Å²) in [6, 6.07) is 6.57. The summed E-state index contributed by atoms with van der Waals surface area (Å²) in [6.07, 6.45) is 7.55. The first-order chi connectivity index (χ1) is 13.5. The van der Waals surface area contributed by atoms with Gasteiger partial charge >= 0.3 is 0 Å². The van der Waals surface area contributed by atoms with Crippen molar-refractivity contribution in [2.75, 3.05) is 14.2 Å². The number of carbonyl (C=O) groups is 2. The predicted octanol–water partition coefficient (Wildman–Crippen LogP) is 4.26. The van der Waals surface area contributed by atoms with E-state index in [4.69, 9.17) is 4.74 Å². The lowest BCUT2D eigenvalue weighted by Crippen LogP contribution is -2.44. The number of Topliss-reactive ketones (excluding diaryl/α,β-unsaturated/α-hetero) is 1. The van der Waals surface area contributed by atoms with Crippen LogP contribution in [0.4, 0.5) is 0 Å². The summed E-state index contributed by atoms with van der Waals surface area (Å²) in [4.78, 5) is 24.6. The number of rotatable bonds is 5. The van der Waals surface area contributed by atoms with Gasteiger partial charge in [-0.25, -0.2) is 0 Å². The van der Waals surface area contributed by atoms with E-state index in [0.717, 1.165) is 37.9 Å². The maximum absolute atomic E-state index is 13.0. The SMILES string of the molecule is CNC(=O)CCC[C@@H]1CC(=O)[C@@]2(C)CC[C@@H]3c4ccc(OC)cc4CC[C@H]3[C@H]12. The molecular formula is C24H33NO3. The zero-order chi connectivity index (χ0) is 19.9. The zero-order valence-corrected chi connectivity index (χ0v) is 17.4. The fraction of sp³-hybridized carbons (Fsp3) is 0.667. The predicted molar refractivity (Wildman–Crippen MR) is 109 cm³/mol. The Bertz CT molecular complexity index is 773. The van der Waals surface area contributed by atoms with Crippen LogP contribution in [0.1, 0.15) is 68.9 Å². The van der Waals surface area contributed by atoms with Crippen molar-refractivity contribution in [3.63, 3.8) is 0 Å². The first-order valence-electron chi connectivity index (χ1n) is 10.9. The molecule has 2 saturated carbocycles. The van der Waals surface area contributed by atoms with Crippen LogP contribution in [0.15, 0.2) is 18.2 Å². The van der Waals surface area contributed by atoms with Crippen molar-refractivity contribution >= 4 is 11.7 Å². The van der Waals surface area contributed by atoms with Crippen LogP contribution in [-0.2, 0) is 16.0 Å². The molecule has 152 valence electrons. The topological polar surface area (TPSA) is 55.4 Å². The number of hydrogen-bond donors (Lipinski definition) is 1. The Balaban J connectivity index is 1.57. The van der Waals surface area contributed by atoms with Crippen molar-refractivity contribution in [2.45, 2.75) is 64.2 Å². The lowest BCUT2D eigenvalue weighted by Gasteiger charge is -2.50. The first-order valence-corrected chi connectivity index (χ1v) is 10.9. The molecule has 0 radical (unpaired) electrons. The number of ketones is 1. The van der Waals surface area contributed by atoms with Gasteiger partial charge in [0.15, 0.2) is 0 Å². The minimum absolute atomic E-state index is 0.106. The lowest BCUT2D eigenvalue weighted by atomic mass is 9.54. The number of hydrogen-bond acceptors (Lipinski definition) is 3. The monoisotopic (exact) mass is 383 g/mol. The Morgan fingerprint density at radius 3 is 2.89 bits per heavy atom. The van der Waals surface area contributed by atoms with Gasteiger partial charge in [-0.2, -0.15) is 0 Å². The maximum Gasteiger partial charge on any atom is 0.219 e. The number of methoxy groups -OCH3 is 1. The fourth-order valence-corrected chi connectivity index (χ4v) is 6.66. The molecule has 4 heteroatoms. The molecule has 0 aromatic heterocycles. The average molecular weight is 384 g/mol. The molecule has 28 heavy (non-hydrogen) atoms. The summed E-state index contributed by atoms with van der Waals surface area (Å²) in [5, 5.41) is 2.71. The van der Waals surface area contributed by atoms with Gasteiger partial charge in [0.25, 0.3) is 0 Å². The number of ether oxygens (including phenoxy) is 1. The highest BCUT2D eigenvalue weighted by Crippen LogP contribution is 2.62. The standard InChI is InChI=1S/C24H33NO3/c1-24-12-11-19-18-10-8-17(28-3)13-15(18)7-9-20(19)23(24)16(14-21(24)26)5-4-6-22(27)25-2/h8,10,13,16,19-20,23H,4-7,9,11-12,14H2,1-3H3,(H,25,27)/t16-,19-,20-,23+,24-/m1/s1. The highest BCUT2D eigenvalue weighted by atomic mass is 16.5. The van der Waals surface area contributed by atoms with Gasteiger partial charge in [-0.3, -0.25) is 9.59 Å². The molecule has 0 saturated heterocycles. The largest absolute Gasteiger partial charge is 0.497 e. The number of benzene rings is 1. The second kappa shape index (κ2) is 7.53. The van der Waals surface area contributed by atoms with Crippen LogP contribution in [0.25, 0.3) is 0 Å². The van der Waals surface area contributed by atoms with E-state index in [9.17, 15) is 9.59 Å². The summed E-state index contributed by atoms with van der Waals surface area (Å²) in [5.74, 6) is 3.60. The number of aryl methyl sites for hydroxylation is 1. The Hall–Kier alpha value is -1.84. The molecule has 0 aliphatic heterocycles. The summed E-state index contributed by atoms with van der Waals surface area (Å²) >= 11 is 0. The molecule has 3 aliphatic carbocycles. The van der Waals surface area contributed by atoms with Gasteiger partial charge < -0.3 is 10.1 Å². The van der Waals surface area contributed by atoms with Crippen LogP contribution in [0.5, 0.6) is 5.75 Å². The Morgan fingerprint density at radius 1 is 1.32 bits per heavy atom. The van der Waals surface area contributed by atoms with Crippen molar-refractivity contribution in [3.05, 3.63) is 29.3 Å². The van der Waals surface area contributed by atoms with Crippen molar-refractivity contribution in [3.8, 4) is 5.75 Å². The molecule has 0 spiro atoms. The minimum atomic E-state index is -0.150. The summed E-state index contributed by atoms with van der Waals surface area (Å²) in [5.41, 5.74) is 2.77. The van der Waals surface area contributed by atoms with Gasteiger partial charge in [-0.15, -0.1) is 0 Å². The molecule has 0 bridgehead atoms. The van der Waals surface area contributed by atoms with Gasteiger partial charge in [0.1, 0.15) is 11.5 Å². The average Bonchev–Trinajstić information content (AvgIpc) is 2.97. The number of nitrogens with one attached hydrogen (secondary N) is 1. The van der Waals surface area contributed by atoms with E-state index >= 15 is 0 Å². The van der Waals surface area contributed by atoms with E-state index in [1.54, 1.807) is 14.2 Å². The van der Waals surface area contributed by atoms with Crippen LogP contribution >= 0.6 is 0 Å². The molecule has 1 amide bonds. The molecule has 5 atom stereocenters. The van der Waals surface area contributed by atoms with E-state index in [1.807, 2.05) is 0 Å². The third-order valence-corrected chi connectivity index (χ3v) is 8.04. The van der Waals surface area contributed by atoms with E-state index in [1.165, 1.54) is 17.5 Å². The second-order valence-corrected chi connectivity index (χ2v) is 9.31. The smallest absolute Gasteiger partial charge is 0.219 e. The fourth-order valence-electron chi connectivity index (χ4n) is 6.66. The van der Waals surface area contributed by atoms with Gasteiger partial charge in [0.2, 0.25) is 5.91 Å². The molecule has 1 aromatic rings. The van der Waals surface area contributed by atoms with E-state index < -0.39 is 0 Å². The molecule has 0 heterocycles. The molecule has 2 fully saturated rings. The quantitative estimate of drug-likeness (QED) is 0.826. The number of amides is 1. The normalized spacial score (nSPS) is 33.6. The van der Waals surface area contributed by atoms with Crippen LogP contribution in [0.2, 0.25) is 0 Å². The third-order valence-electron chi connectivity index (χ3n) is 8.04. The van der Waals surface area contributed by atoms with E-state index in [0.29, 0.717) is 42.3 Å². The van der Waals surface area contributed by atoms with E-state index in [-0.39, 0.29) is 11.3 Å². The summed E-state index contributed by atoms with van der Waals surface area (Å²) in [6.45, 7) is 2.23. The van der Waals surface area contributed by atoms with Gasteiger partial charge in [-0.05, 0) is 85.5 Å². The highest BCUT2D eigenvalue weighted by Gasteiger charge is 2.58. The minimum Gasteiger partial charge on any atom is -0.497 e. The number of carbonyl (C=O) groups excluding carboxylic acids is 2. The van der Waals surface area contributed by atoms with Crippen LogP contribution in [0.3, 0.4) is 0 Å². The first kappa shape index (κ1) is 19.5. The molecule has 1 aromatic carbocycles. The van der Waals surface area contributed by atoms with E-state index in [2.05, 4.69) is 30.4 Å². The molecule has 4 rings (SSSR count). The summed E-state index contributed by atoms with van der Waals surface area (Å²) in [7, 11) is 3.42. The van der Waals surface area contributed by atoms with Crippen LogP contribution in [-0.4, -0.2) is 25.8 Å². The van der Waals surface area contributed by atoms with Crippen LogP contribution in [0, 0.1) is 23.2 Å². The molecule has 3 aliphatic rings. The van der Waals surface area contributed by atoms with Crippen molar-refractivity contribution in [1.82, 2.24) is 5.32 Å². The molecule has 1 N–H and O–H groups in total. The van der Waals surface area contributed by atoms with Gasteiger partial charge in [-0.1, -0.05) is 13.0 Å². The molecule has 0 unspecified atom stereocenters. The Kier molecular flexibility index (Phi) is 5.24. The van der Waals surface area contributed by atoms with Gasteiger partial charge in [0, 0.05) is 25.3 Å². The van der Waals surface area contributed by atoms with Crippen LogP contribution < -0.4 is 10.1 Å². The van der Waals surface area contributed by atoms with Gasteiger partial charge in [0.05, 0.1) is 7.11 Å².